The molecule has 36 heavy (non-hydrogen) atoms. The van der Waals surface area contributed by atoms with Crippen molar-refractivity contribution in [3.05, 3.63) is 74.6 Å². The van der Waals surface area contributed by atoms with Crippen molar-refractivity contribution in [2.24, 2.45) is 5.73 Å². The highest BCUT2D eigenvalue weighted by Crippen LogP contribution is 2.31. The van der Waals surface area contributed by atoms with E-state index in [2.05, 4.69) is 17.2 Å². The fourth-order valence-electron chi connectivity index (χ4n) is 4.01. The second kappa shape index (κ2) is 11.0. The molecule has 0 aliphatic carbocycles. The van der Waals surface area contributed by atoms with Crippen molar-refractivity contribution >= 4 is 46.5 Å². The van der Waals surface area contributed by atoms with E-state index >= 15 is 0 Å². The molecule has 2 heterocycles. The lowest BCUT2D eigenvalue weighted by Gasteiger charge is -2.31. The van der Waals surface area contributed by atoms with Crippen LogP contribution in [-0.4, -0.2) is 41.6 Å². The number of anilines is 1. The van der Waals surface area contributed by atoms with E-state index in [9.17, 15) is 24.0 Å². The zero-order valence-electron chi connectivity index (χ0n) is 20.0. The molecular formula is C25H27N5O5S. The van der Waals surface area contributed by atoms with E-state index in [1.54, 1.807) is 11.8 Å². The average Bonchev–Trinajstić information content (AvgIpc) is 3.16. The number of Topliss-reactive ketones (excluding diaryl/α,β-unsaturated/α-hetero) is 1. The standard InChI is InChI=1S/C25H27N5O5S/c1-13-21(23(27)36-22(13)15(3)33)25(35)29-14(2)24(34)28-9-16-4-5-17-6-7-30(10-18(17)8-16)20(12-32)19(26)11-31/h4-5,8,11-12H,2,6-7,9-10,26-27H2,1,3H3,(H,28,34)(H,29,35)/b20-19-. The highest BCUT2D eigenvalue weighted by atomic mass is 32.1. The van der Waals surface area contributed by atoms with Crippen LogP contribution in [0.4, 0.5) is 5.00 Å². The van der Waals surface area contributed by atoms with Crippen LogP contribution in [0.1, 0.15) is 49.2 Å². The maximum Gasteiger partial charge on any atom is 0.267 e. The fourth-order valence-corrected chi connectivity index (χ4v) is 4.98. The first-order valence-electron chi connectivity index (χ1n) is 11.0. The number of aldehydes is 2. The van der Waals surface area contributed by atoms with Crippen LogP contribution >= 0.6 is 11.3 Å². The SMILES string of the molecule is C=C(NC(=O)c1c(N)sc(C(C)=O)c1C)C(=O)NCc1ccc2c(c1)CN(/C(C=O)=C(\N)C=O)CC2. The van der Waals surface area contributed by atoms with E-state index in [1.807, 2.05) is 18.2 Å². The van der Waals surface area contributed by atoms with Crippen LogP contribution in [0.3, 0.4) is 0 Å². The van der Waals surface area contributed by atoms with Crippen molar-refractivity contribution in [1.82, 2.24) is 15.5 Å². The lowest BCUT2D eigenvalue weighted by molar-refractivity contribution is -0.118. The number of ketones is 1. The molecule has 2 aromatic rings. The number of rotatable bonds is 9. The molecular weight excluding hydrogens is 482 g/mol. The van der Waals surface area contributed by atoms with Crippen LogP contribution in [-0.2, 0) is 33.9 Å². The number of benzene rings is 1. The first-order valence-corrected chi connectivity index (χ1v) is 11.8. The summed E-state index contributed by atoms with van der Waals surface area (Å²) in [6, 6.07) is 5.74. The minimum absolute atomic E-state index is 0.116. The van der Waals surface area contributed by atoms with E-state index < -0.39 is 11.8 Å². The quantitative estimate of drug-likeness (QED) is 0.223. The number of hydrogen-bond acceptors (Lipinski definition) is 9. The summed E-state index contributed by atoms with van der Waals surface area (Å²) in [5, 5.41) is 5.34. The lowest BCUT2D eigenvalue weighted by atomic mass is 9.97. The van der Waals surface area contributed by atoms with Crippen molar-refractivity contribution in [1.29, 1.82) is 0 Å². The fraction of sp³-hybridized carbons (Fsp3) is 0.240. The second-order valence-electron chi connectivity index (χ2n) is 8.32. The number of nitrogens with one attached hydrogen (secondary N) is 2. The third kappa shape index (κ3) is 5.52. The van der Waals surface area contributed by atoms with Gasteiger partial charge in [-0.25, -0.2) is 0 Å². The maximum atomic E-state index is 12.7. The predicted molar refractivity (Wildman–Crippen MR) is 136 cm³/mol. The van der Waals surface area contributed by atoms with E-state index in [4.69, 9.17) is 11.5 Å². The number of nitrogen functional groups attached to an aromatic ring is 1. The highest BCUT2D eigenvalue weighted by molar-refractivity contribution is 7.18. The molecule has 0 atom stereocenters. The lowest BCUT2D eigenvalue weighted by Crippen LogP contribution is -2.34. The normalized spacial score (nSPS) is 13.2. The van der Waals surface area contributed by atoms with E-state index in [-0.39, 0.29) is 40.0 Å². The Morgan fingerprint density at radius 1 is 1.19 bits per heavy atom. The Hall–Kier alpha value is -4.25. The van der Waals surface area contributed by atoms with Crippen molar-refractivity contribution in [3.8, 4) is 0 Å². The molecule has 1 aliphatic rings. The summed E-state index contributed by atoms with van der Waals surface area (Å²) in [6.45, 7) is 7.76. The van der Waals surface area contributed by atoms with E-state index in [1.165, 1.54) is 6.92 Å². The van der Waals surface area contributed by atoms with Gasteiger partial charge >= 0.3 is 0 Å². The van der Waals surface area contributed by atoms with Crippen molar-refractivity contribution < 1.29 is 24.0 Å². The molecule has 0 saturated heterocycles. The highest BCUT2D eigenvalue weighted by Gasteiger charge is 2.23. The number of nitrogens with two attached hydrogens (primary N) is 2. The Morgan fingerprint density at radius 3 is 2.53 bits per heavy atom. The summed E-state index contributed by atoms with van der Waals surface area (Å²) in [6.07, 6.45) is 1.70. The van der Waals surface area contributed by atoms with Gasteiger partial charge in [0.05, 0.1) is 26.8 Å². The summed E-state index contributed by atoms with van der Waals surface area (Å²) in [5.74, 6) is -1.39. The molecule has 188 valence electrons. The summed E-state index contributed by atoms with van der Waals surface area (Å²) >= 11 is 1.03. The largest absolute Gasteiger partial charge is 0.394 e. The zero-order chi connectivity index (χ0) is 26.6. The number of fused-ring (bicyclic) bond motifs is 1. The Kier molecular flexibility index (Phi) is 8.05. The molecule has 10 nitrogen and oxygen atoms in total. The first kappa shape index (κ1) is 26.4. The van der Waals surface area contributed by atoms with Crippen LogP contribution in [0.5, 0.6) is 0 Å². The van der Waals surface area contributed by atoms with Gasteiger partial charge in [-0.3, -0.25) is 24.0 Å². The number of carbonyl (C=O) groups excluding carboxylic acids is 5. The number of nitrogens with zero attached hydrogens (tertiary/aromatic N) is 1. The molecule has 2 amide bonds. The Morgan fingerprint density at radius 2 is 1.92 bits per heavy atom. The van der Waals surface area contributed by atoms with Gasteiger partial charge < -0.3 is 27.0 Å². The van der Waals surface area contributed by atoms with Gasteiger partial charge in [0.1, 0.15) is 5.70 Å². The Labute approximate surface area is 212 Å². The van der Waals surface area contributed by atoms with Gasteiger partial charge in [-0.1, -0.05) is 24.8 Å². The molecule has 11 heteroatoms. The van der Waals surface area contributed by atoms with Gasteiger partial charge in [0.15, 0.2) is 18.4 Å². The Balaban J connectivity index is 1.64. The van der Waals surface area contributed by atoms with Gasteiger partial charge in [0.2, 0.25) is 0 Å². The second-order valence-corrected chi connectivity index (χ2v) is 9.37. The molecule has 0 saturated carbocycles. The van der Waals surface area contributed by atoms with Gasteiger partial charge in [0, 0.05) is 19.6 Å². The molecule has 3 rings (SSSR count). The smallest absolute Gasteiger partial charge is 0.267 e. The molecule has 0 bridgehead atoms. The van der Waals surface area contributed by atoms with Crippen LogP contribution in [0.2, 0.25) is 0 Å². The van der Waals surface area contributed by atoms with Crippen LogP contribution in [0.25, 0.3) is 0 Å². The monoisotopic (exact) mass is 509 g/mol. The van der Waals surface area contributed by atoms with Gasteiger partial charge in [-0.2, -0.15) is 0 Å². The first-order chi connectivity index (χ1) is 17.1. The predicted octanol–water partition coefficient (Wildman–Crippen LogP) is 1.33. The third-order valence-corrected chi connectivity index (χ3v) is 7.09. The number of carbonyl (C=O) groups is 5. The number of hydrogen-bond donors (Lipinski definition) is 4. The van der Waals surface area contributed by atoms with Gasteiger partial charge in [-0.15, -0.1) is 11.3 Å². The molecule has 6 N–H and O–H groups in total. The van der Waals surface area contributed by atoms with Crippen molar-refractivity contribution in [2.45, 2.75) is 33.4 Å². The van der Waals surface area contributed by atoms with Crippen LogP contribution in [0, 0.1) is 6.92 Å². The van der Waals surface area contributed by atoms with Crippen molar-refractivity contribution in [2.75, 3.05) is 12.3 Å². The summed E-state index contributed by atoms with van der Waals surface area (Å²) in [7, 11) is 0. The zero-order valence-corrected chi connectivity index (χ0v) is 20.8. The molecule has 0 fully saturated rings. The van der Waals surface area contributed by atoms with Gasteiger partial charge in [-0.05, 0) is 42.5 Å². The third-order valence-electron chi connectivity index (χ3n) is 5.87. The number of allylic oxidation sites excluding steroid dienone is 2. The minimum atomic E-state index is -0.614. The molecule has 1 aromatic heterocycles. The Bertz CT molecular complexity index is 1310. The van der Waals surface area contributed by atoms with E-state index in [0.717, 1.165) is 28.0 Å². The maximum absolute atomic E-state index is 12.7. The summed E-state index contributed by atoms with van der Waals surface area (Å²) in [4.78, 5) is 61.4. The molecule has 1 aliphatic heterocycles. The number of amides is 2. The average molecular weight is 510 g/mol. The number of thiophene rings is 1. The van der Waals surface area contributed by atoms with Crippen molar-refractivity contribution in [3.63, 3.8) is 0 Å². The summed E-state index contributed by atoms with van der Waals surface area (Å²) in [5.41, 5.74) is 14.9. The molecule has 0 radical (unpaired) electrons. The van der Waals surface area contributed by atoms with Gasteiger partial charge in [0.25, 0.3) is 11.8 Å². The molecule has 1 aromatic carbocycles. The minimum Gasteiger partial charge on any atom is -0.394 e. The van der Waals surface area contributed by atoms with Crippen LogP contribution in [0.15, 0.2) is 41.9 Å². The van der Waals surface area contributed by atoms with Crippen LogP contribution < -0.4 is 22.1 Å². The summed E-state index contributed by atoms with van der Waals surface area (Å²) < 4.78 is 0. The van der Waals surface area contributed by atoms with E-state index in [0.29, 0.717) is 42.5 Å². The molecule has 0 spiro atoms. The molecule has 0 unspecified atom stereocenters. The topological polar surface area (TPSA) is 165 Å².